The van der Waals surface area contributed by atoms with Crippen molar-refractivity contribution in [2.24, 2.45) is 0 Å². The lowest BCUT2D eigenvalue weighted by Crippen LogP contribution is -2.42. The van der Waals surface area contributed by atoms with Crippen LogP contribution in [0.1, 0.15) is 24.8 Å². The van der Waals surface area contributed by atoms with Crippen molar-refractivity contribution < 1.29 is 19.4 Å². The van der Waals surface area contributed by atoms with Crippen LogP contribution in [-0.4, -0.2) is 37.8 Å². The maximum absolute atomic E-state index is 11.9. The van der Waals surface area contributed by atoms with Gasteiger partial charge in [-0.15, -0.1) is 0 Å². The molecule has 0 radical (unpaired) electrons. The minimum absolute atomic E-state index is 0.0176. The molecule has 1 aliphatic rings. The van der Waals surface area contributed by atoms with Crippen LogP contribution in [0, 0.1) is 0 Å². The molecule has 1 aliphatic heterocycles. The molecule has 116 valence electrons. The lowest BCUT2D eigenvalue weighted by atomic mass is 10.1. The highest BCUT2D eigenvalue weighted by Gasteiger charge is 2.20. The summed E-state index contributed by atoms with van der Waals surface area (Å²) >= 11 is 0. The number of hydrogen-bond donors (Lipinski definition) is 3. The van der Waals surface area contributed by atoms with E-state index in [-0.39, 0.29) is 17.7 Å². The van der Waals surface area contributed by atoms with Crippen molar-refractivity contribution in [3.8, 4) is 17.2 Å². The number of amides is 1. The smallest absolute Gasteiger partial charge is 0.237 e. The summed E-state index contributed by atoms with van der Waals surface area (Å²) in [5, 5.41) is 16.0. The summed E-state index contributed by atoms with van der Waals surface area (Å²) < 4.78 is 10.2. The molecule has 1 heterocycles. The molecule has 0 aromatic heterocycles. The molecule has 0 spiro atoms. The van der Waals surface area contributed by atoms with Crippen molar-refractivity contribution in [3.05, 3.63) is 17.7 Å². The SMILES string of the molecule is COc1cc(CNC2CCCCNC2=O)cc(OC)c1O. The summed E-state index contributed by atoms with van der Waals surface area (Å²) in [4.78, 5) is 11.9. The molecule has 1 aromatic carbocycles. The van der Waals surface area contributed by atoms with E-state index < -0.39 is 0 Å². The molecular formula is C15H22N2O4. The number of carbonyl (C=O) groups is 1. The molecular weight excluding hydrogens is 272 g/mol. The minimum atomic E-state index is -0.182. The molecule has 0 aliphatic carbocycles. The first-order chi connectivity index (χ1) is 10.2. The lowest BCUT2D eigenvalue weighted by Gasteiger charge is -2.16. The summed E-state index contributed by atoms with van der Waals surface area (Å²) in [6.45, 7) is 1.25. The number of methoxy groups -OCH3 is 2. The monoisotopic (exact) mass is 294 g/mol. The molecule has 1 atom stereocenters. The third-order valence-electron chi connectivity index (χ3n) is 3.63. The average Bonchev–Trinajstić information content (AvgIpc) is 2.70. The van der Waals surface area contributed by atoms with E-state index in [1.807, 2.05) is 0 Å². The van der Waals surface area contributed by atoms with E-state index in [0.717, 1.165) is 31.4 Å². The van der Waals surface area contributed by atoms with Crippen LogP contribution in [0.2, 0.25) is 0 Å². The number of hydrogen-bond acceptors (Lipinski definition) is 5. The quantitative estimate of drug-likeness (QED) is 0.759. The molecule has 0 saturated carbocycles. The van der Waals surface area contributed by atoms with Crippen LogP contribution in [0.3, 0.4) is 0 Å². The zero-order valence-corrected chi connectivity index (χ0v) is 12.4. The van der Waals surface area contributed by atoms with Crippen molar-refractivity contribution in [2.75, 3.05) is 20.8 Å². The van der Waals surface area contributed by atoms with E-state index in [1.165, 1.54) is 14.2 Å². The normalized spacial score (nSPS) is 18.8. The summed E-state index contributed by atoms with van der Waals surface area (Å²) in [5.74, 6) is 0.745. The van der Waals surface area contributed by atoms with Gasteiger partial charge in [0.25, 0.3) is 0 Å². The van der Waals surface area contributed by atoms with Crippen LogP contribution in [-0.2, 0) is 11.3 Å². The van der Waals surface area contributed by atoms with Gasteiger partial charge < -0.3 is 25.2 Å². The zero-order chi connectivity index (χ0) is 15.2. The Kier molecular flexibility index (Phi) is 5.27. The number of carbonyl (C=O) groups excluding carboxylic acids is 1. The number of rotatable bonds is 5. The van der Waals surface area contributed by atoms with Crippen LogP contribution in [0.25, 0.3) is 0 Å². The van der Waals surface area contributed by atoms with Gasteiger partial charge in [-0.3, -0.25) is 4.79 Å². The van der Waals surface area contributed by atoms with Crippen LogP contribution in [0.5, 0.6) is 17.2 Å². The van der Waals surface area contributed by atoms with Crippen molar-refractivity contribution in [1.82, 2.24) is 10.6 Å². The summed E-state index contributed by atoms with van der Waals surface area (Å²) in [5.41, 5.74) is 0.888. The van der Waals surface area contributed by atoms with Crippen LogP contribution in [0.4, 0.5) is 0 Å². The van der Waals surface area contributed by atoms with Gasteiger partial charge in [-0.25, -0.2) is 0 Å². The average molecular weight is 294 g/mol. The Morgan fingerprint density at radius 3 is 2.57 bits per heavy atom. The van der Waals surface area contributed by atoms with Gasteiger partial charge in [0.2, 0.25) is 11.7 Å². The first kappa shape index (κ1) is 15.4. The fourth-order valence-electron chi connectivity index (χ4n) is 2.42. The van der Waals surface area contributed by atoms with E-state index >= 15 is 0 Å². The zero-order valence-electron chi connectivity index (χ0n) is 12.4. The van der Waals surface area contributed by atoms with Gasteiger partial charge in [-0.1, -0.05) is 0 Å². The minimum Gasteiger partial charge on any atom is -0.502 e. The van der Waals surface area contributed by atoms with Crippen molar-refractivity contribution in [2.45, 2.75) is 31.8 Å². The van der Waals surface area contributed by atoms with Gasteiger partial charge in [0.1, 0.15) is 0 Å². The molecule has 2 rings (SSSR count). The maximum Gasteiger partial charge on any atom is 0.237 e. The molecule has 1 unspecified atom stereocenters. The molecule has 1 amide bonds. The maximum atomic E-state index is 11.9. The fourth-order valence-corrected chi connectivity index (χ4v) is 2.42. The third-order valence-corrected chi connectivity index (χ3v) is 3.63. The van der Waals surface area contributed by atoms with E-state index in [2.05, 4.69) is 10.6 Å². The second kappa shape index (κ2) is 7.17. The topological polar surface area (TPSA) is 79.8 Å². The molecule has 1 fully saturated rings. The predicted molar refractivity (Wildman–Crippen MR) is 78.7 cm³/mol. The summed E-state index contributed by atoms with van der Waals surface area (Å²) in [6.07, 6.45) is 2.88. The van der Waals surface area contributed by atoms with Crippen molar-refractivity contribution in [1.29, 1.82) is 0 Å². The number of aromatic hydroxyl groups is 1. The molecule has 1 saturated heterocycles. The summed E-state index contributed by atoms with van der Waals surface area (Å²) in [7, 11) is 2.98. The first-order valence-electron chi connectivity index (χ1n) is 7.10. The molecule has 6 heteroatoms. The number of benzene rings is 1. The van der Waals surface area contributed by atoms with E-state index in [9.17, 15) is 9.90 Å². The highest BCUT2D eigenvalue weighted by molar-refractivity contribution is 5.81. The summed E-state index contributed by atoms with van der Waals surface area (Å²) in [6, 6.07) is 3.29. The molecule has 0 bridgehead atoms. The largest absolute Gasteiger partial charge is 0.502 e. The van der Waals surface area contributed by atoms with Crippen molar-refractivity contribution in [3.63, 3.8) is 0 Å². The molecule has 3 N–H and O–H groups in total. The van der Waals surface area contributed by atoms with Crippen LogP contribution in [0.15, 0.2) is 12.1 Å². The van der Waals surface area contributed by atoms with Crippen molar-refractivity contribution >= 4 is 5.91 Å². The Morgan fingerprint density at radius 2 is 1.95 bits per heavy atom. The lowest BCUT2D eigenvalue weighted by molar-refractivity contribution is -0.122. The standard InChI is InChI=1S/C15H22N2O4/c1-20-12-7-10(8-13(21-2)14(12)18)9-17-11-5-3-4-6-16-15(11)19/h7-8,11,17-18H,3-6,9H2,1-2H3,(H,16,19). The predicted octanol–water partition coefficient (Wildman–Crippen LogP) is 1.17. The van der Waals surface area contributed by atoms with Gasteiger partial charge in [0, 0.05) is 13.1 Å². The number of phenolic OH excluding ortho intramolecular Hbond substituents is 1. The second-order valence-corrected chi connectivity index (χ2v) is 5.07. The second-order valence-electron chi connectivity index (χ2n) is 5.07. The first-order valence-corrected chi connectivity index (χ1v) is 7.10. The number of nitrogens with one attached hydrogen (secondary N) is 2. The Labute approximate surface area is 124 Å². The Balaban J connectivity index is 2.07. The van der Waals surface area contributed by atoms with Gasteiger partial charge >= 0.3 is 0 Å². The molecule has 21 heavy (non-hydrogen) atoms. The highest BCUT2D eigenvalue weighted by atomic mass is 16.5. The van der Waals surface area contributed by atoms with E-state index in [0.29, 0.717) is 18.0 Å². The van der Waals surface area contributed by atoms with Gasteiger partial charge in [0.05, 0.1) is 20.3 Å². The van der Waals surface area contributed by atoms with Gasteiger partial charge in [-0.05, 0) is 37.0 Å². The van der Waals surface area contributed by atoms with Gasteiger partial charge in [-0.2, -0.15) is 0 Å². The Hall–Kier alpha value is -1.95. The molecule has 1 aromatic rings. The third kappa shape index (κ3) is 3.78. The Bertz CT molecular complexity index is 479. The van der Waals surface area contributed by atoms with Crippen LogP contribution < -0.4 is 20.1 Å². The fraction of sp³-hybridized carbons (Fsp3) is 0.533. The van der Waals surface area contributed by atoms with Crippen LogP contribution >= 0.6 is 0 Å². The number of ether oxygens (including phenoxy) is 2. The van der Waals surface area contributed by atoms with Gasteiger partial charge in [0.15, 0.2) is 11.5 Å². The molecule has 6 nitrogen and oxygen atoms in total. The van der Waals surface area contributed by atoms with E-state index in [1.54, 1.807) is 12.1 Å². The number of phenols is 1. The van der Waals surface area contributed by atoms with E-state index in [4.69, 9.17) is 9.47 Å². The Morgan fingerprint density at radius 1 is 1.29 bits per heavy atom. The highest BCUT2D eigenvalue weighted by Crippen LogP contribution is 2.37.